The normalized spacial score (nSPS) is 13.7. The summed E-state index contributed by atoms with van der Waals surface area (Å²) in [5.41, 5.74) is 3.11. The lowest BCUT2D eigenvalue weighted by Crippen LogP contribution is -2.24. The minimum absolute atomic E-state index is 0.0618. The lowest BCUT2D eigenvalue weighted by atomic mass is 10.1. The maximum atomic E-state index is 14.4. The third kappa shape index (κ3) is 4.65. The molecule has 3 heterocycles. The van der Waals surface area contributed by atoms with Crippen molar-refractivity contribution in [3.63, 3.8) is 0 Å². The molecule has 0 saturated carbocycles. The van der Waals surface area contributed by atoms with Gasteiger partial charge in [-0.3, -0.25) is 4.79 Å². The van der Waals surface area contributed by atoms with E-state index in [9.17, 15) is 18.0 Å². The van der Waals surface area contributed by atoms with Crippen LogP contribution in [-0.2, 0) is 11.2 Å². The number of para-hydroxylation sites is 1. The molecule has 0 radical (unpaired) electrons. The number of carbonyl (C=O) groups is 1. The summed E-state index contributed by atoms with van der Waals surface area (Å²) in [7, 11) is 1.82. The fourth-order valence-electron chi connectivity index (χ4n) is 4.46. The highest BCUT2D eigenvalue weighted by Gasteiger charge is 2.24. The van der Waals surface area contributed by atoms with Crippen LogP contribution in [0.3, 0.4) is 0 Å². The lowest BCUT2D eigenvalue weighted by Gasteiger charge is -2.22. The van der Waals surface area contributed by atoms with Gasteiger partial charge in [0.1, 0.15) is 17.2 Å². The van der Waals surface area contributed by atoms with E-state index in [4.69, 9.17) is 4.74 Å². The predicted octanol–water partition coefficient (Wildman–Crippen LogP) is 6.32. The van der Waals surface area contributed by atoms with E-state index in [1.165, 1.54) is 12.1 Å². The third-order valence-corrected chi connectivity index (χ3v) is 6.79. The number of aromatic nitrogens is 2. The first kappa shape index (κ1) is 24.2. The van der Waals surface area contributed by atoms with E-state index in [0.29, 0.717) is 35.7 Å². The van der Waals surface area contributed by atoms with E-state index >= 15 is 0 Å². The molecule has 6 nitrogen and oxygen atoms in total. The summed E-state index contributed by atoms with van der Waals surface area (Å²) in [5, 5.41) is 0. The molecule has 10 heteroatoms. The zero-order valence-corrected chi connectivity index (χ0v) is 20.9. The number of alkyl halides is 2. The molecule has 1 saturated heterocycles. The molecule has 5 rings (SSSR count). The molecule has 0 N–H and O–H groups in total. The monoisotopic (exact) mass is 558 g/mol. The highest BCUT2D eigenvalue weighted by molar-refractivity contribution is 9.10. The summed E-state index contributed by atoms with van der Waals surface area (Å²) in [4.78, 5) is 20.5. The van der Waals surface area contributed by atoms with Crippen LogP contribution < -0.4 is 14.5 Å². The van der Waals surface area contributed by atoms with Gasteiger partial charge in [0, 0.05) is 55.6 Å². The molecule has 2 aromatic carbocycles. The number of hydrogen-bond donors (Lipinski definition) is 0. The molecule has 0 spiro atoms. The Morgan fingerprint density at radius 2 is 1.97 bits per heavy atom. The SMILES string of the molecule is CN(c1cccc(N2CCCC2=O)c1)c1nc2cc(F)c(Br)cn2c1Cc1ccccc1OC(F)F. The number of halogens is 4. The molecule has 0 atom stereocenters. The van der Waals surface area contributed by atoms with Crippen LogP contribution in [0.2, 0.25) is 0 Å². The van der Waals surface area contributed by atoms with E-state index in [1.807, 2.05) is 36.2 Å². The largest absolute Gasteiger partial charge is 0.435 e. The highest BCUT2D eigenvalue weighted by atomic mass is 79.9. The summed E-state index contributed by atoms with van der Waals surface area (Å²) < 4.78 is 47.1. The fraction of sp³-hybridized carbons (Fsp3) is 0.231. The minimum Gasteiger partial charge on any atom is -0.435 e. The van der Waals surface area contributed by atoms with Gasteiger partial charge in [0.05, 0.1) is 10.2 Å². The van der Waals surface area contributed by atoms with Crippen LogP contribution in [0.15, 0.2) is 65.3 Å². The second kappa shape index (κ2) is 9.85. The van der Waals surface area contributed by atoms with Gasteiger partial charge in [-0.1, -0.05) is 24.3 Å². The van der Waals surface area contributed by atoms with Crippen molar-refractivity contribution in [2.45, 2.75) is 25.9 Å². The Kier molecular flexibility index (Phi) is 6.61. The Morgan fingerprint density at radius 3 is 2.72 bits per heavy atom. The Labute approximate surface area is 214 Å². The van der Waals surface area contributed by atoms with Crippen molar-refractivity contribution in [2.24, 2.45) is 0 Å². The van der Waals surface area contributed by atoms with Gasteiger partial charge in [0.2, 0.25) is 5.91 Å². The van der Waals surface area contributed by atoms with Crippen LogP contribution in [0.25, 0.3) is 5.65 Å². The number of nitrogens with zero attached hydrogens (tertiary/aromatic N) is 4. The highest BCUT2D eigenvalue weighted by Crippen LogP contribution is 2.34. The molecule has 1 amide bonds. The van der Waals surface area contributed by atoms with E-state index in [1.54, 1.807) is 33.7 Å². The molecule has 1 aliphatic rings. The van der Waals surface area contributed by atoms with Gasteiger partial charge in [0.15, 0.2) is 5.82 Å². The number of carbonyl (C=O) groups excluding carboxylic acids is 1. The number of benzene rings is 2. The Bertz CT molecular complexity index is 1440. The molecule has 1 fully saturated rings. The maximum absolute atomic E-state index is 14.4. The van der Waals surface area contributed by atoms with Crippen LogP contribution in [0.4, 0.5) is 30.4 Å². The molecule has 0 unspecified atom stereocenters. The quantitative estimate of drug-likeness (QED) is 0.266. The zero-order valence-electron chi connectivity index (χ0n) is 19.3. The zero-order chi connectivity index (χ0) is 25.4. The topological polar surface area (TPSA) is 50.1 Å². The summed E-state index contributed by atoms with van der Waals surface area (Å²) in [6.07, 6.45) is 3.11. The molecule has 4 aromatic rings. The van der Waals surface area contributed by atoms with Crippen molar-refractivity contribution in [2.75, 3.05) is 23.4 Å². The van der Waals surface area contributed by atoms with Crippen molar-refractivity contribution >= 4 is 44.7 Å². The first-order chi connectivity index (χ1) is 17.3. The Hall–Kier alpha value is -3.53. The molecule has 2 aromatic heterocycles. The molecule has 36 heavy (non-hydrogen) atoms. The number of hydrogen-bond acceptors (Lipinski definition) is 4. The molecular weight excluding hydrogens is 537 g/mol. The summed E-state index contributed by atoms with van der Waals surface area (Å²) >= 11 is 3.23. The van der Waals surface area contributed by atoms with Crippen molar-refractivity contribution in [3.05, 3.63) is 82.3 Å². The van der Waals surface area contributed by atoms with Crippen LogP contribution in [0.1, 0.15) is 24.1 Å². The van der Waals surface area contributed by atoms with Crippen molar-refractivity contribution < 1.29 is 22.7 Å². The Morgan fingerprint density at radius 1 is 1.17 bits per heavy atom. The van der Waals surface area contributed by atoms with Crippen LogP contribution in [-0.4, -0.2) is 35.5 Å². The van der Waals surface area contributed by atoms with E-state index in [0.717, 1.165) is 17.8 Å². The second-order valence-corrected chi connectivity index (χ2v) is 9.32. The number of pyridine rings is 1. The Balaban J connectivity index is 1.60. The number of anilines is 3. The number of amides is 1. The maximum Gasteiger partial charge on any atom is 0.387 e. The number of imidazole rings is 1. The number of rotatable bonds is 7. The van der Waals surface area contributed by atoms with E-state index in [-0.39, 0.29) is 22.6 Å². The molecule has 0 aliphatic carbocycles. The van der Waals surface area contributed by atoms with Gasteiger partial charge >= 0.3 is 6.61 Å². The van der Waals surface area contributed by atoms with Crippen LogP contribution in [0.5, 0.6) is 5.75 Å². The average molecular weight is 559 g/mol. The van der Waals surface area contributed by atoms with Gasteiger partial charge in [-0.05, 0) is 46.6 Å². The average Bonchev–Trinajstić information content (AvgIpc) is 3.43. The van der Waals surface area contributed by atoms with Crippen molar-refractivity contribution in [1.82, 2.24) is 9.38 Å². The number of ether oxygens (including phenoxy) is 1. The van der Waals surface area contributed by atoms with Crippen LogP contribution in [0, 0.1) is 5.82 Å². The first-order valence-corrected chi connectivity index (χ1v) is 12.1. The minimum atomic E-state index is -2.96. The molecule has 1 aliphatic heterocycles. The smallest absolute Gasteiger partial charge is 0.387 e. The fourth-order valence-corrected chi connectivity index (χ4v) is 4.78. The number of fused-ring (bicyclic) bond motifs is 1. The third-order valence-electron chi connectivity index (χ3n) is 6.21. The standard InChI is InChI=1S/C26H22BrF3N4O2/c1-32(17-7-4-8-18(13-17)33-11-5-10-24(33)35)25-21(34-15-19(27)20(28)14-23(34)31-25)12-16-6-2-3-9-22(16)36-26(29)30/h2-4,6-9,13-15,26H,5,10-12H2,1H3. The second-order valence-electron chi connectivity index (χ2n) is 8.47. The summed E-state index contributed by atoms with van der Waals surface area (Å²) in [5.74, 6) is 0.194. The van der Waals surface area contributed by atoms with Gasteiger partial charge in [0.25, 0.3) is 0 Å². The van der Waals surface area contributed by atoms with Gasteiger partial charge < -0.3 is 18.9 Å². The first-order valence-electron chi connectivity index (χ1n) is 11.3. The molecule has 186 valence electrons. The molecular formula is C26H22BrF3N4O2. The van der Waals surface area contributed by atoms with E-state index < -0.39 is 12.4 Å². The molecule has 0 bridgehead atoms. The summed E-state index contributed by atoms with van der Waals surface area (Å²) in [6, 6.07) is 15.4. The van der Waals surface area contributed by atoms with E-state index in [2.05, 4.69) is 20.9 Å². The van der Waals surface area contributed by atoms with Gasteiger partial charge in [-0.25, -0.2) is 9.37 Å². The van der Waals surface area contributed by atoms with Crippen molar-refractivity contribution in [1.29, 1.82) is 0 Å². The predicted molar refractivity (Wildman–Crippen MR) is 135 cm³/mol. The van der Waals surface area contributed by atoms with Gasteiger partial charge in [-0.2, -0.15) is 8.78 Å². The summed E-state index contributed by atoms with van der Waals surface area (Å²) in [6.45, 7) is -2.30. The lowest BCUT2D eigenvalue weighted by molar-refractivity contribution is -0.117. The van der Waals surface area contributed by atoms with Gasteiger partial charge in [-0.15, -0.1) is 0 Å². The van der Waals surface area contributed by atoms with Crippen LogP contribution >= 0.6 is 15.9 Å². The van der Waals surface area contributed by atoms with Crippen molar-refractivity contribution in [3.8, 4) is 5.75 Å².